The Labute approximate surface area is 224 Å². The molecule has 40 heavy (non-hydrogen) atoms. The molecule has 2 aromatic heterocycles. The lowest BCUT2D eigenvalue weighted by molar-refractivity contribution is -0.384. The van der Waals surface area contributed by atoms with E-state index in [0.717, 1.165) is 0 Å². The van der Waals surface area contributed by atoms with Crippen LogP contribution in [0.15, 0.2) is 115 Å². The standard InChI is InChI=1S/C15H9NO5.C15H11NO3/c17-9-5-6-12(16(19)20)11(7-9)15-8-13(18)10-3-1-2-4-14(10)21-15;16-12-6-5-9(17)7-11(12)15-8-13(18)10-3-1-2-4-14(10)19-15/h1-8,17H;1-8,17H,16H2. The third kappa shape index (κ3) is 5.09. The summed E-state index contributed by atoms with van der Waals surface area (Å²) in [4.78, 5) is 34.5. The molecule has 10 heteroatoms. The largest absolute Gasteiger partial charge is 0.508 e. The van der Waals surface area contributed by atoms with Crippen LogP contribution in [0.1, 0.15) is 0 Å². The molecule has 198 valence electrons. The van der Waals surface area contributed by atoms with Crippen LogP contribution in [0.2, 0.25) is 0 Å². The molecular weight excluding hydrogens is 516 g/mol. The summed E-state index contributed by atoms with van der Waals surface area (Å²) in [6.45, 7) is 0. The first kappa shape index (κ1) is 25.7. The highest BCUT2D eigenvalue weighted by Crippen LogP contribution is 2.33. The Morgan fingerprint density at radius 3 is 1.68 bits per heavy atom. The molecule has 10 nitrogen and oxygen atoms in total. The highest BCUT2D eigenvalue weighted by Gasteiger charge is 2.19. The first-order valence-corrected chi connectivity index (χ1v) is 11.8. The minimum absolute atomic E-state index is 0.0429. The predicted molar refractivity (Wildman–Crippen MR) is 150 cm³/mol. The quantitative estimate of drug-likeness (QED) is 0.109. The van der Waals surface area contributed by atoms with Crippen molar-refractivity contribution in [1.29, 1.82) is 0 Å². The smallest absolute Gasteiger partial charge is 0.280 e. The number of nitrogen functional groups attached to an aromatic ring is 1. The van der Waals surface area contributed by atoms with Crippen molar-refractivity contribution in [2.45, 2.75) is 0 Å². The summed E-state index contributed by atoms with van der Waals surface area (Å²) in [5, 5.41) is 31.0. The topological polar surface area (TPSA) is 170 Å². The number of nitrogens with zero attached hydrogens (tertiary/aromatic N) is 1. The van der Waals surface area contributed by atoms with E-state index >= 15 is 0 Å². The van der Waals surface area contributed by atoms with Gasteiger partial charge in [0.15, 0.2) is 10.9 Å². The molecule has 0 fully saturated rings. The van der Waals surface area contributed by atoms with E-state index in [2.05, 4.69) is 0 Å². The maximum Gasteiger partial charge on any atom is 0.280 e. The van der Waals surface area contributed by atoms with Crippen LogP contribution in [-0.2, 0) is 0 Å². The Morgan fingerprint density at radius 1 is 0.650 bits per heavy atom. The summed E-state index contributed by atoms with van der Waals surface area (Å²) < 4.78 is 11.2. The van der Waals surface area contributed by atoms with Gasteiger partial charge in [-0.3, -0.25) is 19.7 Å². The normalized spacial score (nSPS) is 10.7. The van der Waals surface area contributed by atoms with E-state index in [1.54, 1.807) is 54.6 Å². The molecule has 0 atom stereocenters. The van der Waals surface area contributed by atoms with Crippen molar-refractivity contribution in [3.05, 3.63) is 128 Å². The van der Waals surface area contributed by atoms with Gasteiger partial charge < -0.3 is 24.8 Å². The minimum atomic E-state index is -0.593. The van der Waals surface area contributed by atoms with E-state index in [0.29, 0.717) is 38.9 Å². The molecule has 0 saturated heterocycles. The third-order valence-corrected chi connectivity index (χ3v) is 6.01. The second-order valence-electron chi connectivity index (χ2n) is 8.67. The summed E-state index contributed by atoms with van der Waals surface area (Å²) in [6, 6.07) is 24.3. The molecule has 0 radical (unpaired) electrons. The van der Waals surface area contributed by atoms with Gasteiger partial charge in [-0.05, 0) is 54.6 Å². The summed E-state index contributed by atoms with van der Waals surface area (Å²) >= 11 is 0. The molecule has 0 unspecified atom stereocenters. The van der Waals surface area contributed by atoms with Crippen LogP contribution in [0.25, 0.3) is 44.6 Å². The average molecular weight is 536 g/mol. The Hall–Kier alpha value is -5.90. The number of hydrogen-bond donors (Lipinski definition) is 3. The number of anilines is 1. The van der Waals surface area contributed by atoms with Crippen LogP contribution in [0.5, 0.6) is 11.5 Å². The summed E-state index contributed by atoms with van der Waals surface area (Å²) in [5.41, 5.74) is 6.98. The molecule has 2 heterocycles. The van der Waals surface area contributed by atoms with Gasteiger partial charge in [0.05, 0.1) is 21.3 Å². The number of nitro benzene ring substituents is 1. The van der Waals surface area contributed by atoms with Gasteiger partial charge in [-0.1, -0.05) is 24.3 Å². The lowest BCUT2D eigenvalue weighted by Gasteiger charge is -2.06. The molecule has 0 spiro atoms. The van der Waals surface area contributed by atoms with Crippen LogP contribution >= 0.6 is 0 Å². The number of nitro groups is 1. The second-order valence-corrected chi connectivity index (χ2v) is 8.67. The summed E-state index contributed by atoms with van der Waals surface area (Å²) in [7, 11) is 0. The number of aromatic hydroxyl groups is 2. The van der Waals surface area contributed by atoms with Crippen LogP contribution < -0.4 is 16.6 Å². The number of rotatable bonds is 3. The van der Waals surface area contributed by atoms with Crippen molar-refractivity contribution in [2.75, 3.05) is 5.73 Å². The monoisotopic (exact) mass is 536 g/mol. The van der Waals surface area contributed by atoms with Crippen molar-refractivity contribution in [2.24, 2.45) is 0 Å². The van der Waals surface area contributed by atoms with Crippen molar-refractivity contribution in [3.8, 4) is 34.1 Å². The predicted octanol–water partition coefficient (Wildman–Crippen LogP) is 5.82. The van der Waals surface area contributed by atoms with E-state index in [-0.39, 0.29) is 39.4 Å². The number of fused-ring (bicyclic) bond motifs is 2. The molecule has 6 rings (SSSR count). The fourth-order valence-corrected chi connectivity index (χ4v) is 4.11. The van der Waals surface area contributed by atoms with Crippen LogP contribution in [0.4, 0.5) is 11.4 Å². The summed E-state index contributed by atoms with van der Waals surface area (Å²) in [5.74, 6) is 0.310. The zero-order valence-corrected chi connectivity index (χ0v) is 20.6. The number of para-hydroxylation sites is 2. The molecular formula is C30H20N2O8. The SMILES string of the molecule is Nc1ccc(O)cc1-c1cc(=O)c2ccccc2o1.O=c1cc(-c2cc(O)ccc2[N+](=O)[O-])oc2ccccc12. The molecule has 0 aliphatic rings. The number of nitrogens with two attached hydrogens (primary N) is 1. The molecule has 4 aromatic carbocycles. The Morgan fingerprint density at radius 2 is 1.12 bits per heavy atom. The van der Waals surface area contributed by atoms with Gasteiger partial charge in [0.1, 0.15) is 34.2 Å². The number of benzene rings is 4. The van der Waals surface area contributed by atoms with Crippen molar-refractivity contribution in [1.82, 2.24) is 0 Å². The maximum atomic E-state index is 12.0. The average Bonchev–Trinajstić information content (AvgIpc) is 2.94. The van der Waals surface area contributed by atoms with Gasteiger partial charge in [0.25, 0.3) is 5.69 Å². The van der Waals surface area contributed by atoms with E-state index in [9.17, 15) is 29.9 Å². The molecule has 0 aliphatic heterocycles. The maximum absolute atomic E-state index is 12.0. The van der Waals surface area contributed by atoms with E-state index < -0.39 is 4.92 Å². The first-order valence-electron chi connectivity index (χ1n) is 11.8. The minimum Gasteiger partial charge on any atom is -0.508 e. The first-order chi connectivity index (χ1) is 19.2. The fourth-order valence-electron chi connectivity index (χ4n) is 4.11. The number of phenolic OH excluding ortho intramolecular Hbond substituents is 2. The van der Waals surface area contributed by atoms with E-state index in [1.165, 1.54) is 42.5 Å². The summed E-state index contributed by atoms with van der Waals surface area (Å²) in [6.07, 6.45) is 0. The van der Waals surface area contributed by atoms with Gasteiger partial charge in [0.2, 0.25) is 0 Å². The van der Waals surface area contributed by atoms with Crippen molar-refractivity contribution < 1.29 is 24.0 Å². The fraction of sp³-hybridized carbons (Fsp3) is 0. The van der Waals surface area contributed by atoms with Crippen molar-refractivity contribution in [3.63, 3.8) is 0 Å². The zero-order chi connectivity index (χ0) is 28.4. The molecule has 0 aliphatic carbocycles. The highest BCUT2D eigenvalue weighted by atomic mass is 16.6. The number of phenols is 2. The molecule has 0 saturated carbocycles. The van der Waals surface area contributed by atoms with Gasteiger partial charge >= 0.3 is 0 Å². The third-order valence-electron chi connectivity index (χ3n) is 6.01. The molecule has 0 bridgehead atoms. The lowest BCUT2D eigenvalue weighted by atomic mass is 10.1. The van der Waals surface area contributed by atoms with Crippen LogP contribution in [0, 0.1) is 10.1 Å². The number of hydrogen-bond acceptors (Lipinski definition) is 9. The zero-order valence-electron chi connectivity index (χ0n) is 20.6. The van der Waals surface area contributed by atoms with Gasteiger partial charge in [-0.15, -0.1) is 0 Å². The Kier molecular flexibility index (Phi) is 6.73. The molecule has 0 amide bonds. The van der Waals surface area contributed by atoms with Crippen molar-refractivity contribution >= 4 is 33.3 Å². The van der Waals surface area contributed by atoms with E-state index in [1.807, 2.05) is 0 Å². The van der Waals surface area contributed by atoms with Gasteiger partial charge in [-0.2, -0.15) is 0 Å². The molecule has 4 N–H and O–H groups in total. The van der Waals surface area contributed by atoms with Crippen LogP contribution in [-0.4, -0.2) is 15.1 Å². The van der Waals surface area contributed by atoms with Crippen LogP contribution in [0.3, 0.4) is 0 Å². The Balaban J connectivity index is 0.000000162. The molecule has 6 aromatic rings. The lowest BCUT2D eigenvalue weighted by Crippen LogP contribution is -2.01. The highest BCUT2D eigenvalue weighted by molar-refractivity contribution is 5.82. The van der Waals surface area contributed by atoms with Gasteiger partial charge in [0, 0.05) is 29.4 Å². The second kappa shape index (κ2) is 10.5. The Bertz CT molecular complexity index is 2030. The van der Waals surface area contributed by atoms with Gasteiger partial charge in [-0.25, -0.2) is 0 Å². The van der Waals surface area contributed by atoms with E-state index in [4.69, 9.17) is 14.6 Å².